The van der Waals surface area contributed by atoms with E-state index in [0.29, 0.717) is 23.1 Å². The number of rotatable bonds is 8. The van der Waals surface area contributed by atoms with Crippen LogP contribution in [0.2, 0.25) is 0 Å². The highest BCUT2D eigenvalue weighted by Gasteiger charge is 2.21. The smallest absolute Gasteiger partial charge is 0.257 e. The first-order valence-electron chi connectivity index (χ1n) is 13.6. The maximum absolute atomic E-state index is 13.3. The molecule has 2 N–H and O–H groups in total. The van der Waals surface area contributed by atoms with Crippen molar-refractivity contribution in [3.8, 4) is 11.3 Å². The number of amides is 1. The molecule has 1 fully saturated rings. The van der Waals surface area contributed by atoms with Gasteiger partial charge in [-0.1, -0.05) is 13.0 Å². The Labute approximate surface area is 230 Å². The molecule has 1 aliphatic heterocycles. The molecular weight excluding hydrogens is 486 g/mol. The van der Waals surface area contributed by atoms with Crippen molar-refractivity contribution in [1.82, 2.24) is 24.8 Å². The van der Waals surface area contributed by atoms with E-state index in [2.05, 4.69) is 61.4 Å². The lowest BCUT2D eigenvalue weighted by atomic mass is 9.88. The van der Waals surface area contributed by atoms with Gasteiger partial charge in [-0.15, -0.1) is 0 Å². The maximum atomic E-state index is 13.3. The molecule has 1 amide bonds. The number of nitrogens with one attached hydrogen (secondary N) is 2. The van der Waals surface area contributed by atoms with E-state index in [0.717, 1.165) is 54.1 Å². The van der Waals surface area contributed by atoms with Crippen molar-refractivity contribution >= 4 is 23.2 Å². The number of piperidine rings is 1. The van der Waals surface area contributed by atoms with Crippen molar-refractivity contribution in [1.29, 1.82) is 0 Å². The number of nitrogens with zero attached hydrogens (tertiary/aromatic N) is 5. The SMILES string of the molecule is CCCN1CCC(c2cc(C)cc(NC(=O)c3cnc(C)c(Nc4nccc(-c5cccnc5)n4)c3)c2)CC1. The van der Waals surface area contributed by atoms with Gasteiger partial charge < -0.3 is 15.5 Å². The van der Waals surface area contributed by atoms with Crippen LogP contribution in [0.3, 0.4) is 0 Å². The third-order valence-corrected chi connectivity index (χ3v) is 7.16. The van der Waals surface area contributed by atoms with Crippen LogP contribution in [0.1, 0.15) is 59.3 Å². The third-order valence-electron chi connectivity index (χ3n) is 7.16. The second kappa shape index (κ2) is 12.1. The second-order valence-electron chi connectivity index (χ2n) is 10.2. The quantitative estimate of drug-likeness (QED) is 0.288. The van der Waals surface area contributed by atoms with Crippen LogP contribution in [0, 0.1) is 13.8 Å². The fourth-order valence-corrected chi connectivity index (χ4v) is 5.13. The summed E-state index contributed by atoms with van der Waals surface area (Å²) in [7, 11) is 0. The minimum atomic E-state index is -0.204. The predicted octanol–water partition coefficient (Wildman–Crippen LogP) is 6.14. The highest BCUT2D eigenvalue weighted by Crippen LogP contribution is 2.31. The number of likely N-dealkylation sites (tertiary alicyclic amines) is 1. The minimum Gasteiger partial charge on any atom is -0.323 e. The molecule has 39 heavy (non-hydrogen) atoms. The summed E-state index contributed by atoms with van der Waals surface area (Å²) in [5.74, 6) is 0.741. The highest BCUT2D eigenvalue weighted by atomic mass is 16.1. The molecule has 4 heterocycles. The zero-order valence-corrected chi connectivity index (χ0v) is 22.8. The molecule has 0 spiro atoms. The molecule has 1 aliphatic rings. The number of carbonyl (C=O) groups excluding carboxylic acids is 1. The molecule has 0 unspecified atom stereocenters. The number of aryl methyl sites for hydroxylation is 2. The topological polar surface area (TPSA) is 95.9 Å². The Morgan fingerprint density at radius 2 is 1.87 bits per heavy atom. The summed E-state index contributed by atoms with van der Waals surface area (Å²) < 4.78 is 0. The molecular formula is C31H35N7O. The van der Waals surface area contributed by atoms with Crippen LogP contribution in [-0.2, 0) is 0 Å². The third kappa shape index (κ3) is 6.64. The van der Waals surface area contributed by atoms with Gasteiger partial charge in [-0.25, -0.2) is 9.97 Å². The van der Waals surface area contributed by atoms with Gasteiger partial charge in [0.2, 0.25) is 5.95 Å². The van der Waals surface area contributed by atoms with E-state index in [4.69, 9.17) is 0 Å². The Morgan fingerprint density at radius 1 is 1.03 bits per heavy atom. The standard InChI is InChI=1S/C31H35N7O/c1-4-12-38-13-8-23(9-14-38)25-15-21(2)16-27(17-25)35-30(39)26-18-29(22(3)34-20-26)37-31-33-11-7-28(36-31)24-6-5-10-32-19-24/h5-7,10-11,15-20,23H,4,8-9,12-14H2,1-3H3,(H,35,39)(H,33,36,37). The van der Waals surface area contributed by atoms with Crippen molar-refractivity contribution in [3.05, 3.63) is 89.6 Å². The summed E-state index contributed by atoms with van der Waals surface area (Å²) in [6.07, 6.45) is 10.3. The number of benzene rings is 1. The Bertz CT molecular complexity index is 1430. The lowest BCUT2D eigenvalue weighted by Crippen LogP contribution is -2.33. The second-order valence-corrected chi connectivity index (χ2v) is 10.2. The molecule has 8 nitrogen and oxygen atoms in total. The molecule has 8 heteroatoms. The molecule has 1 saturated heterocycles. The van der Waals surface area contributed by atoms with Crippen LogP contribution < -0.4 is 10.6 Å². The molecule has 0 radical (unpaired) electrons. The minimum absolute atomic E-state index is 0.204. The van der Waals surface area contributed by atoms with E-state index in [-0.39, 0.29) is 5.91 Å². The van der Waals surface area contributed by atoms with Gasteiger partial charge >= 0.3 is 0 Å². The summed E-state index contributed by atoms with van der Waals surface area (Å²) in [6.45, 7) is 9.64. The van der Waals surface area contributed by atoms with Gasteiger partial charge in [0.15, 0.2) is 0 Å². The van der Waals surface area contributed by atoms with Gasteiger partial charge in [-0.05, 0) is 106 Å². The molecule has 3 aromatic heterocycles. The lowest BCUT2D eigenvalue weighted by Gasteiger charge is -2.32. The molecule has 0 atom stereocenters. The summed E-state index contributed by atoms with van der Waals surface area (Å²) in [5, 5.41) is 6.32. The molecule has 200 valence electrons. The van der Waals surface area contributed by atoms with Gasteiger partial charge in [0.25, 0.3) is 5.91 Å². The average Bonchev–Trinajstić information content (AvgIpc) is 2.95. The maximum Gasteiger partial charge on any atom is 0.257 e. The molecule has 1 aromatic carbocycles. The normalized spacial score (nSPS) is 14.2. The average molecular weight is 522 g/mol. The van der Waals surface area contributed by atoms with E-state index in [1.54, 1.807) is 30.9 Å². The van der Waals surface area contributed by atoms with E-state index >= 15 is 0 Å². The Balaban J connectivity index is 1.30. The summed E-state index contributed by atoms with van der Waals surface area (Å²) in [5.41, 5.74) is 6.80. The molecule has 0 saturated carbocycles. The van der Waals surface area contributed by atoms with Gasteiger partial charge in [-0.2, -0.15) is 0 Å². The fourth-order valence-electron chi connectivity index (χ4n) is 5.13. The summed E-state index contributed by atoms with van der Waals surface area (Å²) >= 11 is 0. The van der Waals surface area contributed by atoms with Crippen LogP contribution in [0.4, 0.5) is 17.3 Å². The molecule has 0 bridgehead atoms. The van der Waals surface area contributed by atoms with E-state index in [1.165, 1.54) is 18.5 Å². The number of aromatic nitrogens is 4. The van der Waals surface area contributed by atoms with Gasteiger partial charge in [-0.3, -0.25) is 14.8 Å². The van der Waals surface area contributed by atoms with Crippen LogP contribution >= 0.6 is 0 Å². The summed E-state index contributed by atoms with van der Waals surface area (Å²) in [6, 6.07) is 13.8. The number of hydrogen-bond acceptors (Lipinski definition) is 7. The van der Waals surface area contributed by atoms with Crippen LogP contribution in [0.5, 0.6) is 0 Å². The van der Waals surface area contributed by atoms with Crippen LogP contribution in [0.25, 0.3) is 11.3 Å². The van der Waals surface area contributed by atoms with Gasteiger partial charge in [0.05, 0.1) is 22.6 Å². The molecule has 0 aliphatic carbocycles. The first-order chi connectivity index (χ1) is 19.0. The number of pyridine rings is 2. The molecule has 4 aromatic rings. The van der Waals surface area contributed by atoms with Gasteiger partial charge in [0.1, 0.15) is 0 Å². The Morgan fingerprint density at radius 3 is 2.64 bits per heavy atom. The number of hydrogen-bond donors (Lipinski definition) is 2. The fraction of sp³-hybridized carbons (Fsp3) is 0.323. The largest absolute Gasteiger partial charge is 0.323 e. The first-order valence-corrected chi connectivity index (χ1v) is 13.6. The van der Waals surface area contributed by atoms with Crippen molar-refractivity contribution < 1.29 is 4.79 Å². The van der Waals surface area contributed by atoms with Crippen LogP contribution in [-0.4, -0.2) is 50.4 Å². The van der Waals surface area contributed by atoms with Crippen molar-refractivity contribution in [2.45, 2.75) is 46.0 Å². The van der Waals surface area contributed by atoms with Crippen LogP contribution in [0.15, 0.2) is 67.3 Å². The predicted molar refractivity (Wildman–Crippen MR) is 155 cm³/mol. The van der Waals surface area contributed by atoms with E-state index < -0.39 is 0 Å². The van der Waals surface area contributed by atoms with E-state index in [9.17, 15) is 4.79 Å². The van der Waals surface area contributed by atoms with Crippen molar-refractivity contribution in [2.75, 3.05) is 30.3 Å². The highest BCUT2D eigenvalue weighted by molar-refractivity contribution is 6.04. The molecule has 5 rings (SSSR count). The summed E-state index contributed by atoms with van der Waals surface area (Å²) in [4.78, 5) is 33.4. The number of carbonyl (C=O) groups is 1. The Hall–Kier alpha value is -4.17. The van der Waals surface area contributed by atoms with Crippen molar-refractivity contribution in [2.24, 2.45) is 0 Å². The zero-order chi connectivity index (χ0) is 27.2. The zero-order valence-electron chi connectivity index (χ0n) is 22.8. The monoisotopic (exact) mass is 521 g/mol. The Kier molecular flexibility index (Phi) is 8.22. The first kappa shape index (κ1) is 26.4. The van der Waals surface area contributed by atoms with Crippen molar-refractivity contribution in [3.63, 3.8) is 0 Å². The van der Waals surface area contributed by atoms with Gasteiger partial charge in [0, 0.05) is 36.0 Å². The number of anilines is 3. The van der Waals surface area contributed by atoms with E-state index in [1.807, 2.05) is 31.2 Å². The lowest BCUT2D eigenvalue weighted by molar-refractivity contribution is 0.102.